The molecule has 18 heavy (non-hydrogen) atoms. The van der Waals surface area contributed by atoms with Crippen molar-refractivity contribution >= 4 is 5.91 Å². The van der Waals surface area contributed by atoms with Gasteiger partial charge in [-0.15, -0.1) is 0 Å². The molecule has 4 heteroatoms. The highest BCUT2D eigenvalue weighted by atomic mass is 16.3. The summed E-state index contributed by atoms with van der Waals surface area (Å²) in [6.45, 7) is 1.03. The van der Waals surface area contributed by atoms with Crippen molar-refractivity contribution < 1.29 is 15.0 Å². The number of amides is 1. The minimum atomic E-state index is -0.976. The molecular weight excluding hydrogens is 230 g/mol. The standard InChI is InChI=1S/C14H19NO3/c1-14(8-16,9-17)15-13(18)12-6-5-10-3-2-4-11(10)7-12/h5-7,16-17H,2-4,8-9H2,1H3,(H,15,18). The Kier molecular flexibility index (Phi) is 3.68. The van der Waals surface area contributed by atoms with E-state index in [0.29, 0.717) is 5.56 Å². The summed E-state index contributed by atoms with van der Waals surface area (Å²) in [5.41, 5.74) is 2.16. The SMILES string of the molecule is CC(CO)(CO)NC(=O)c1ccc2c(c1)CCC2. The number of hydrogen-bond acceptors (Lipinski definition) is 3. The molecule has 0 heterocycles. The first-order valence-electron chi connectivity index (χ1n) is 6.24. The highest BCUT2D eigenvalue weighted by Crippen LogP contribution is 2.23. The van der Waals surface area contributed by atoms with Gasteiger partial charge in [0.05, 0.1) is 18.8 Å². The first-order chi connectivity index (χ1) is 8.58. The number of aryl methyl sites for hydroxylation is 2. The van der Waals surface area contributed by atoms with E-state index in [-0.39, 0.29) is 19.1 Å². The van der Waals surface area contributed by atoms with Gasteiger partial charge < -0.3 is 15.5 Å². The Balaban J connectivity index is 2.14. The highest BCUT2D eigenvalue weighted by Gasteiger charge is 2.25. The fraction of sp³-hybridized carbons (Fsp3) is 0.500. The third kappa shape index (κ3) is 2.54. The lowest BCUT2D eigenvalue weighted by Gasteiger charge is -2.26. The first kappa shape index (κ1) is 13.1. The second kappa shape index (κ2) is 5.08. The lowest BCUT2D eigenvalue weighted by molar-refractivity contribution is 0.0724. The summed E-state index contributed by atoms with van der Waals surface area (Å²) in [5.74, 6) is -0.254. The van der Waals surface area contributed by atoms with Crippen LogP contribution in [-0.4, -0.2) is 34.9 Å². The fourth-order valence-electron chi connectivity index (χ4n) is 2.19. The molecule has 0 fully saturated rings. The van der Waals surface area contributed by atoms with Crippen LogP contribution in [0.1, 0.15) is 34.8 Å². The number of aliphatic hydroxyl groups excluding tert-OH is 2. The van der Waals surface area contributed by atoms with E-state index in [4.69, 9.17) is 10.2 Å². The molecule has 0 saturated carbocycles. The number of fused-ring (bicyclic) bond motifs is 1. The van der Waals surface area contributed by atoms with Gasteiger partial charge in [0.1, 0.15) is 0 Å². The molecule has 1 amide bonds. The van der Waals surface area contributed by atoms with Crippen LogP contribution in [0, 0.1) is 0 Å². The van der Waals surface area contributed by atoms with E-state index in [1.54, 1.807) is 13.0 Å². The Labute approximate surface area is 107 Å². The van der Waals surface area contributed by atoms with Crippen LogP contribution in [0.4, 0.5) is 0 Å². The maximum absolute atomic E-state index is 12.0. The van der Waals surface area contributed by atoms with Crippen LogP contribution in [-0.2, 0) is 12.8 Å². The van der Waals surface area contributed by atoms with Gasteiger partial charge in [0, 0.05) is 5.56 Å². The Morgan fingerprint density at radius 3 is 2.61 bits per heavy atom. The van der Waals surface area contributed by atoms with Crippen LogP contribution >= 0.6 is 0 Å². The fourth-order valence-corrected chi connectivity index (χ4v) is 2.19. The van der Waals surface area contributed by atoms with Crippen LogP contribution < -0.4 is 5.32 Å². The molecule has 0 saturated heterocycles. The van der Waals surface area contributed by atoms with Crippen molar-refractivity contribution in [3.05, 3.63) is 34.9 Å². The Bertz CT molecular complexity index is 452. The first-order valence-corrected chi connectivity index (χ1v) is 6.24. The van der Waals surface area contributed by atoms with Crippen molar-refractivity contribution in [2.75, 3.05) is 13.2 Å². The highest BCUT2D eigenvalue weighted by molar-refractivity contribution is 5.95. The maximum Gasteiger partial charge on any atom is 0.251 e. The Morgan fingerprint density at radius 2 is 1.94 bits per heavy atom. The number of rotatable bonds is 4. The smallest absolute Gasteiger partial charge is 0.251 e. The number of carbonyl (C=O) groups excluding carboxylic acids is 1. The quantitative estimate of drug-likeness (QED) is 0.733. The van der Waals surface area contributed by atoms with E-state index in [9.17, 15) is 4.79 Å². The van der Waals surface area contributed by atoms with Crippen LogP contribution in [0.5, 0.6) is 0 Å². The predicted octanol–water partition coefficient (Wildman–Crippen LogP) is 0.648. The number of carbonyl (C=O) groups is 1. The second-order valence-electron chi connectivity index (χ2n) is 5.17. The van der Waals surface area contributed by atoms with Gasteiger partial charge in [-0.25, -0.2) is 0 Å². The van der Waals surface area contributed by atoms with Crippen LogP contribution in [0.2, 0.25) is 0 Å². The number of nitrogens with one attached hydrogen (secondary N) is 1. The molecule has 1 aliphatic rings. The van der Waals surface area contributed by atoms with E-state index in [1.807, 2.05) is 12.1 Å². The third-order valence-electron chi connectivity index (χ3n) is 3.47. The molecule has 4 nitrogen and oxygen atoms in total. The van der Waals surface area contributed by atoms with Crippen molar-refractivity contribution in [1.82, 2.24) is 5.32 Å². The predicted molar refractivity (Wildman–Crippen MR) is 68.5 cm³/mol. The molecule has 0 atom stereocenters. The van der Waals surface area contributed by atoms with E-state index >= 15 is 0 Å². The van der Waals surface area contributed by atoms with Gasteiger partial charge in [-0.2, -0.15) is 0 Å². The lowest BCUT2D eigenvalue weighted by Crippen LogP contribution is -2.51. The number of aliphatic hydroxyl groups is 2. The lowest BCUT2D eigenvalue weighted by atomic mass is 10.0. The molecule has 0 aromatic heterocycles. The molecule has 3 N–H and O–H groups in total. The van der Waals surface area contributed by atoms with Crippen LogP contribution in [0.3, 0.4) is 0 Å². The number of hydrogen-bond donors (Lipinski definition) is 3. The largest absolute Gasteiger partial charge is 0.394 e. The van der Waals surface area contributed by atoms with Crippen molar-refractivity contribution in [2.45, 2.75) is 31.7 Å². The minimum Gasteiger partial charge on any atom is -0.394 e. The molecule has 0 radical (unpaired) electrons. The summed E-state index contributed by atoms with van der Waals surface area (Å²) in [6.07, 6.45) is 3.25. The van der Waals surface area contributed by atoms with Gasteiger partial charge in [0.2, 0.25) is 0 Å². The van der Waals surface area contributed by atoms with Gasteiger partial charge in [0.15, 0.2) is 0 Å². The van der Waals surface area contributed by atoms with Gasteiger partial charge in [0.25, 0.3) is 5.91 Å². The summed E-state index contributed by atoms with van der Waals surface area (Å²) in [4.78, 5) is 12.0. The van der Waals surface area contributed by atoms with E-state index in [0.717, 1.165) is 19.3 Å². The number of benzene rings is 1. The Morgan fingerprint density at radius 1 is 1.28 bits per heavy atom. The summed E-state index contributed by atoms with van der Waals surface area (Å²) >= 11 is 0. The average molecular weight is 249 g/mol. The third-order valence-corrected chi connectivity index (χ3v) is 3.47. The normalized spacial score (nSPS) is 14.4. The molecule has 98 valence electrons. The zero-order chi connectivity index (χ0) is 13.2. The van der Waals surface area contributed by atoms with E-state index in [1.165, 1.54) is 11.1 Å². The molecule has 1 aliphatic carbocycles. The summed E-state index contributed by atoms with van der Waals surface area (Å²) in [6, 6.07) is 5.70. The van der Waals surface area contributed by atoms with Gasteiger partial charge in [-0.05, 0) is 49.4 Å². The van der Waals surface area contributed by atoms with Gasteiger partial charge >= 0.3 is 0 Å². The molecule has 1 aromatic rings. The van der Waals surface area contributed by atoms with Crippen molar-refractivity contribution in [3.8, 4) is 0 Å². The molecule has 0 spiro atoms. The summed E-state index contributed by atoms with van der Waals surface area (Å²) < 4.78 is 0. The van der Waals surface area contributed by atoms with Crippen LogP contribution in [0.25, 0.3) is 0 Å². The van der Waals surface area contributed by atoms with Gasteiger partial charge in [-0.1, -0.05) is 6.07 Å². The zero-order valence-electron chi connectivity index (χ0n) is 10.6. The molecule has 0 aliphatic heterocycles. The topological polar surface area (TPSA) is 69.6 Å². The summed E-state index contributed by atoms with van der Waals surface area (Å²) in [5, 5.41) is 21.0. The van der Waals surface area contributed by atoms with Crippen molar-refractivity contribution in [3.63, 3.8) is 0 Å². The molecule has 1 aromatic carbocycles. The summed E-state index contributed by atoms with van der Waals surface area (Å²) in [7, 11) is 0. The average Bonchev–Trinajstić information content (AvgIpc) is 2.85. The van der Waals surface area contributed by atoms with Crippen molar-refractivity contribution in [2.24, 2.45) is 0 Å². The van der Waals surface area contributed by atoms with E-state index in [2.05, 4.69) is 5.32 Å². The molecule has 2 rings (SSSR count). The van der Waals surface area contributed by atoms with Crippen molar-refractivity contribution in [1.29, 1.82) is 0 Å². The molecule has 0 unspecified atom stereocenters. The van der Waals surface area contributed by atoms with Crippen LogP contribution in [0.15, 0.2) is 18.2 Å². The minimum absolute atomic E-state index is 0.254. The molecular formula is C14H19NO3. The Hall–Kier alpha value is -1.39. The maximum atomic E-state index is 12.0. The second-order valence-corrected chi connectivity index (χ2v) is 5.17. The van der Waals surface area contributed by atoms with E-state index < -0.39 is 5.54 Å². The monoisotopic (exact) mass is 249 g/mol. The zero-order valence-corrected chi connectivity index (χ0v) is 10.6. The molecule has 0 bridgehead atoms. The van der Waals surface area contributed by atoms with Gasteiger partial charge in [-0.3, -0.25) is 4.79 Å².